The van der Waals surface area contributed by atoms with Crippen LogP contribution in [0.15, 0.2) is 29.1 Å². The molecular weight excluding hydrogens is 352 g/mol. The molecule has 1 saturated heterocycles. The second-order valence-electron chi connectivity index (χ2n) is 6.23. The summed E-state index contributed by atoms with van der Waals surface area (Å²) < 4.78 is 12.1. The first-order valence-corrected chi connectivity index (χ1v) is 8.43. The van der Waals surface area contributed by atoms with E-state index >= 15 is 0 Å². The number of nitrogens with two attached hydrogens (primary N) is 1. The quantitative estimate of drug-likeness (QED) is 0.739. The van der Waals surface area contributed by atoms with Crippen LogP contribution in [0.4, 0.5) is 11.5 Å². The highest BCUT2D eigenvalue weighted by molar-refractivity contribution is 6.23. The number of benzene rings is 1. The van der Waals surface area contributed by atoms with Crippen LogP contribution in [0, 0.1) is 0 Å². The second kappa shape index (κ2) is 6.44. The minimum Gasteiger partial charge on any atom is -0.495 e. The number of pyridine rings is 1. The number of hydrogen-bond donors (Lipinski definition) is 2. The third-order valence-corrected chi connectivity index (χ3v) is 4.73. The smallest absolute Gasteiger partial charge is 0.262 e. The van der Waals surface area contributed by atoms with Gasteiger partial charge in [-0.1, -0.05) is 0 Å². The molecule has 2 aliphatic rings. The summed E-state index contributed by atoms with van der Waals surface area (Å²) in [5, 5.41) is 2.15. The molecule has 0 bridgehead atoms. The molecule has 140 valence electrons. The first kappa shape index (κ1) is 17.1. The first-order chi connectivity index (χ1) is 13.0. The lowest BCUT2D eigenvalue weighted by atomic mass is 10.1. The molecule has 0 atom stereocenters. The van der Waals surface area contributed by atoms with Crippen molar-refractivity contribution in [2.75, 3.05) is 44.0 Å². The monoisotopic (exact) mass is 370 g/mol. The number of rotatable bonds is 3. The summed E-state index contributed by atoms with van der Waals surface area (Å²) in [6.45, 7) is 2.73. The number of fused-ring (bicyclic) bond motifs is 1. The molecule has 0 spiro atoms. The number of nitrogens with zero attached hydrogens (tertiary/aromatic N) is 2. The molecule has 1 fully saturated rings. The van der Waals surface area contributed by atoms with Gasteiger partial charge in [-0.05, 0) is 12.1 Å². The lowest BCUT2D eigenvalue weighted by molar-refractivity contribution is 0.0880. The summed E-state index contributed by atoms with van der Waals surface area (Å²) in [4.78, 5) is 38.5. The van der Waals surface area contributed by atoms with Crippen molar-refractivity contribution in [1.29, 1.82) is 0 Å². The summed E-state index contributed by atoms with van der Waals surface area (Å²) in [5.41, 5.74) is 6.90. The molecule has 1 aromatic heterocycles. The summed E-state index contributed by atoms with van der Waals surface area (Å²) in [6, 6.07) is 6.37. The van der Waals surface area contributed by atoms with Gasteiger partial charge in [0.1, 0.15) is 11.6 Å². The normalized spacial score (nSPS) is 16.3. The Balaban J connectivity index is 1.83. The molecule has 0 radical (unpaired) electrons. The van der Waals surface area contributed by atoms with Crippen molar-refractivity contribution < 1.29 is 19.1 Å². The van der Waals surface area contributed by atoms with Crippen LogP contribution in [0.5, 0.6) is 5.75 Å². The summed E-state index contributed by atoms with van der Waals surface area (Å²) in [7, 11) is 1.55. The van der Waals surface area contributed by atoms with Crippen LogP contribution in [0.25, 0.3) is 5.69 Å². The number of nitrogen functional groups attached to an aromatic ring is 1. The number of anilines is 2. The third kappa shape index (κ3) is 2.72. The van der Waals surface area contributed by atoms with Crippen LogP contribution >= 0.6 is 0 Å². The van der Waals surface area contributed by atoms with E-state index < -0.39 is 17.4 Å². The molecule has 3 N–H and O–H groups in total. The van der Waals surface area contributed by atoms with E-state index in [2.05, 4.69) is 10.2 Å². The zero-order valence-corrected chi connectivity index (χ0v) is 14.7. The number of carbonyl (C=O) groups excluding carboxylic acids is 2. The van der Waals surface area contributed by atoms with E-state index in [-0.39, 0.29) is 16.9 Å². The molecule has 2 aliphatic heterocycles. The van der Waals surface area contributed by atoms with Crippen molar-refractivity contribution >= 4 is 23.3 Å². The maximum Gasteiger partial charge on any atom is 0.262 e. The predicted octanol–water partition coefficient (Wildman–Crippen LogP) is 0.149. The van der Waals surface area contributed by atoms with Crippen molar-refractivity contribution in [2.24, 2.45) is 0 Å². The lowest BCUT2D eigenvalue weighted by Crippen LogP contribution is -2.36. The molecule has 2 amide bonds. The maximum atomic E-state index is 12.6. The van der Waals surface area contributed by atoms with Gasteiger partial charge in [0.2, 0.25) is 0 Å². The molecular formula is C18H18N4O5. The third-order valence-electron chi connectivity index (χ3n) is 4.73. The standard InChI is InChI=1S/C18H18N4O5/c1-26-13-8-10(2-3-12(13)21-4-6-27-7-5-21)22-14(23)9-11-15(16(22)19)18(25)20-17(11)24/h2-3,8-9H,4-7,19H2,1H3,(H,20,24,25). The van der Waals surface area contributed by atoms with Gasteiger partial charge in [-0.2, -0.15) is 0 Å². The Labute approximate surface area is 154 Å². The van der Waals surface area contributed by atoms with Gasteiger partial charge < -0.3 is 20.1 Å². The number of nitrogens with one attached hydrogen (secondary N) is 1. The molecule has 4 rings (SSSR count). The number of amides is 2. The zero-order valence-electron chi connectivity index (χ0n) is 14.7. The van der Waals surface area contributed by atoms with Crippen LogP contribution in [0.1, 0.15) is 20.7 Å². The molecule has 0 saturated carbocycles. The number of morpholine rings is 1. The Morgan fingerprint density at radius 2 is 1.85 bits per heavy atom. The van der Waals surface area contributed by atoms with Gasteiger partial charge in [-0.15, -0.1) is 0 Å². The number of hydrogen-bond acceptors (Lipinski definition) is 7. The number of ether oxygens (including phenoxy) is 2. The van der Waals surface area contributed by atoms with Gasteiger partial charge >= 0.3 is 0 Å². The van der Waals surface area contributed by atoms with Gasteiger partial charge in [-0.3, -0.25) is 24.3 Å². The van der Waals surface area contributed by atoms with Crippen molar-refractivity contribution in [3.05, 3.63) is 45.7 Å². The minimum absolute atomic E-state index is 0.00403. The predicted molar refractivity (Wildman–Crippen MR) is 97.8 cm³/mol. The fourth-order valence-electron chi connectivity index (χ4n) is 3.42. The Morgan fingerprint density at radius 1 is 1.11 bits per heavy atom. The first-order valence-electron chi connectivity index (χ1n) is 8.43. The van der Waals surface area contributed by atoms with Crippen molar-refractivity contribution in [3.8, 4) is 11.4 Å². The average Bonchev–Trinajstić information content (AvgIpc) is 2.96. The van der Waals surface area contributed by atoms with Gasteiger partial charge in [-0.25, -0.2) is 0 Å². The topological polar surface area (TPSA) is 116 Å². The van der Waals surface area contributed by atoms with Crippen LogP contribution in [0.3, 0.4) is 0 Å². The molecule has 9 heteroatoms. The fraction of sp³-hybridized carbons (Fsp3) is 0.278. The van der Waals surface area contributed by atoms with E-state index in [1.54, 1.807) is 19.2 Å². The number of carbonyl (C=O) groups is 2. The van der Waals surface area contributed by atoms with Crippen LogP contribution in [-0.2, 0) is 4.74 Å². The molecule has 3 heterocycles. The Hall–Kier alpha value is -3.33. The number of aromatic nitrogens is 1. The van der Waals surface area contributed by atoms with Gasteiger partial charge in [0.25, 0.3) is 17.4 Å². The fourth-order valence-corrected chi connectivity index (χ4v) is 3.42. The second-order valence-corrected chi connectivity index (χ2v) is 6.23. The van der Waals surface area contributed by atoms with E-state index in [1.165, 1.54) is 4.57 Å². The van der Waals surface area contributed by atoms with E-state index in [9.17, 15) is 14.4 Å². The van der Waals surface area contributed by atoms with Gasteiger partial charge in [0.05, 0.1) is 42.8 Å². The number of imide groups is 1. The molecule has 2 aromatic rings. The van der Waals surface area contributed by atoms with Crippen molar-refractivity contribution in [1.82, 2.24) is 9.88 Å². The van der Waals surface area contributed by atoms with Crippen LogP contribution < -0.4 is 26.2 Å². The Bertz CT molecular complexity index is 1010. The Morgan fingerprint density at radius 3 is 2.56 bits per heavy atom. The zero-order chi connectivity index (χ0) is 19.1. The van der Waals surface area contributed by atoms with E-state index in [0.717, 1.165) is 24.8 Å². The van der Waals surface area contributed by atoms with Crippen LogP contribution in [-0.4, -0.2) is 49.8 Å². The largest absolute Gasteiger partial charge is 0.495 e. The van der Waals surface area contributed by atoms with Crippen molar-refractivity contribution in [3.63, 3.8) is 0 Å². The molecule has 9 nitrogen and oxygen atoms in total. The van der Waals surface area contributed by atoms with E-state index in [1.807, 2.05) is 6.07 Å². The molecule has 0 aliphatic carbocycles. The van der Waals surface area contributed by atoms with E-state index in [0.29, 0.717) is 24.7 Å². The SMILES string of the molecule is COc1cc(-n2c(N)c3c(cc2=O)C(=O)NC3=O)ccc1N1CCOCC1. The van der Waals surface area contributed by atoms with Gasteiger partial charge in [0.15, 0.2) is 0 Å². The highest BCUT2D eigenvalue weighted by Crippen LogP contribution is 2.32. The maximum absolute atomic E-state index is 12.6. The highest BCUT2D eigenvalue weighted by Gasteiger charge is 2.32. The molecule has 1 aromatic carbocycles. The highest BCUT2D eigenvalue weighted by atomic mass is 16.5. The molecule has 0 unspecified atom stereocenters. The van der Waals surface area contributed by atoms with Crippen LogP contribution in [0.2, 0.25) is 0 Å². The number of methoxy groups -OCH3 is 1. The van der Waals surface area contributed by atoms with Gasteiger partial charge in [0, 0.05) is 25.2 Å². The summed E-state index contributed by atoms with van der Waals surface area (Å²) >= 11 is 0. The summed E-state index contributed by atoms with van der Waals surface area (Å²) in [6.07, 6.45) is 0. The Kier molecular flexibility index (Phi) is 4.08. The summed E-state index contributed by atoms with van der Waals surface area (Å²) in [5.74, 6) is -0.743. The lowest BCUT2D eigenvalue weighted by Gasteiger charge is -2.30. The van der Waals surface area contributed by atoms with Crippen molar-refractivity contribution in [2.45, 2.75) is 0 Å². The minimum atomic E-state index is -0.619. The average molecular weight is 370 g/mol. The molecule has 27 heavy (non-hydrogen) atoms. The van der Waals surface area contributed by atoms with E-state index in [4.69, 9.17) is 15.2 Å².